The highest BCUT2D eigenvalue weighted by Gasteiger charge is 2.11. The lowest BCUT2D eigenvalue weighted by molar-refractivity contribution is 1.49. The number of hydrogen-bond donors (Lipinski definition) is 1. The fourth-order valence-corrected chi connectivity index (χ4v) is 3.21. The van der Waals surface area contributed by atoms with E-state index in [1.807, 2.05) is 48.5 Å². The van der Waals surface area contributed by atoms with Crippen molar-refractivity contribution in [1.29, 1.82) is 5.41 Å². The largest absolute Gasteiger partial charge is 0.300 e. The van der Waals surface area contributed by atoms with Crippen LogP contribution >= 0.6 is 0 Å². The van der Waals surface area contributed by atoms with Gasteiger partial charge in [0, 0.05) is 11.1 Å². The molecule has 0 atom stereocenters. The molecule has 1 N–H and O–H groups in total. The van der Waals surface area contributed by atoms with E-state index in [1.165, 1.54) is 10.8 Å². The Labute approximate surface area is 153 Å². The third-order valence-electron chi connectivity index (χ3n) is 4.54. The molecule has 0 heterocycles. The number of allylic oxidation sites excluding steroid dienone is 1. The Balaban J connectivity index is 1.90. The van der Waals surface area contributed by atoms with E-state index < -0.39 is 0 Å². The molecule has 4 aromatic carbocycles. The van der Waals surface area contributed by atoms with Crippen LogP contribution in [0, 0.1) is 5.41 Å². The van der Waals surface area contributed by atoms with E-state index in [1.54, 1.807) is 0 Å². The summed E-state index contributed by atoms with van der Waals surface area (Å²) >= 11 is 0. The van der Waals surface area contributed by atoms with Crippen molar-refractivity contribution in [1.82, 2.24) is 0 Å². The van der Waals surface area contributed by atoms with Crippen LogP contribution in [0.5, 0.6) is 0 Å². The molecule has 0 fully saturated rings. The average molecular weight is 333 g/mol. The zero-order valence-electron chi connectivity index (χ0n) is 14.4. The number of rotatable bonds is 4. The Morgan fingerprint density at radius 1 is 0.577 bits per heavy atom. The van der Waals surface area contributed by atoms with Crippen LogP contribution in [0.3, 0.4) is 0 Å². The first kappa shape index (κ1) is 16.0. The molecule has 124 valence electrons. The summed E-state index contributed by atoms with van der Waals surface area (Å²) < 4.78 is 0. The first-order valence-corrected chi connectivity index (χ1v) is 8.72. The number of nitrogens with one attached hydrogen (secondary N) is 1. The minimum atomic E-state index is 0.532. The molecule has 0 unspecified atom stereocenters. The monoisotopic (exact) mass is 333 g/mol. The molecule has 0 aromatic heterocycles. The van der Waals surface area contributed by atoms with E-state index >= 15 is 0 Å². The second kappa shape index (κ2) is 7.20. The van der Waals surface area contributed by atoms with E-state index in [4.69, 9.17) is 5.41 Å². The van der Waals surface area contributed by atoms with Crippen LogP contribution in [-0.2, 0) is 0 Å². The van der Waals surface area contributed by atoms with Gasteiger partial charge in [-0.2, -0.15) is 0 Å². The second-order valence-corrected chi connectivity index (χ2v) is 6.23. The van der Waals surface area contributed by atoms with E-state index in [2.05, 4.69) is 60.7 Å². The summed E-state index contributed by atoms with van der Waals surface area (Å²) in [7, 11) is 0. The molecular weight excluding hydrogens is 314 g/mol. The predicted molar refractivity (Wildman–Crippen MR) is 112 cm³/mol. The quantitative estimate of drug-likeness (QED) is 0.328. The highest BCUT2D eigenvalue weighted by molar-refractivity contribution is 6.34. The smallest absolute Gasteiger partial charge is 0.0690 e. The maximum absolute atomic E-state index is 8.81. The molecule has 0 radical (unpaired) electrons. The van der Waals surface area contributed by atoms with Crippen LogP contribution < -0.4 is 0 Å². The fraction of sp³-hybridized carbons (Fsp3) is 0. The molecule has 0 bridgehead atoms. The van der Waals surface area contributed by atoms with Gasteiger partial charge in [-0.3, -0.25) is 5.41 Å². The van der Waals surface area contributed by atoms with Crippen molar-refractivity contribution in [2.75, 3.05) is 0 Å². The summed E-state index contributed by atoms with van der Waals surface area (Å²) in [4.78, 5) is 0. The standard InChI is InChI=1S/C25H19N/c26-25(21-13-5-2-6-14-21)24(20-10-3-1-4-11-20)18-22-16-9-15-19-12-7-8-17-23(19)22/h1-18,26H. The van der Waals surface area contributed by atoms with Crippen molar-refractivity contribution >= 4 is 28.1 Å². The lowest BCUT2D eigenvalue weighted by Gasteiger charge is -2.12. The molecule has 26 heavy (non-hydrogen) atoms. The van der Waals surface area contributed by atoms with Crippen molar-refractivity contribution in [2.24, 2.45) is 0 Å². The highest BCUT2D eigenvalue weighted by atomic mass is 14.4. The van der Waals surface area contributed by atoms with Crippen LogP contribution in [0.1, 0.15) is 16.7 Å². The van der Waals surface area contributed by atoms with Crippen molar-refractivity contribution in [3.05, 3.63) is 120 Å². The Morgan fingerprint density at radius 3 is 1.88 bits per heavy atom. The number of fused-ring (bicyclic) bond motifs is 1. The minimum absolute atomic E-state index is 0.532. The lowest BCUT2D eigenvalue weighted by atomic mass is 9.93. The minimum Gasteiger partial charge on any atom is -0.300 e. The maximum atomic E-state index is 8.81. The first-order chi connectivity index (χ1) is 12.8. The van der Waals surface area contributed by atoms with Gasteiger partial charge in [-0.15, -0.1) is 0 Å². The summed E-state index contributed by atoms with van der Waals surface area (Å²) in [6, 6.07) is 34.8. The van der Waals surface area contributed by atoms with Gasteiger partial charge in [0.15, 0.2) is 0 Å². The van der Waals surface area contributed by atoms with Crippen molar-refractivity contribution in [2.45, 2.75) is 0 Å². The average Bonchev–Trinajstić information content (AvgIpc) is 2.73. The normalized spacial score (nSPS) is 11.5. The lowest BCUT2D eigenvalue weighted by Crippen LogP contribution is -2.02. The molecule has 0 saturated carbocycles. The van der Waals surface area contributed by atoms with Crippen LogP contribution in [0.2, 0.25) is 0 Å². The molecule has 0 aliphatic rings. The highest BCUT2D eigenvalue weighted by Crippen LogP contribution is 2.26. The summed E-state index contributed by atoms with van der Waals surface area (Å²) in [6.07, 6.45) is 2.13. The summed E-state index contributed by atoms with van der Waals surface area (Å²) in [6.45, 7) is 0. The molecule has 4 aromatic rings. The molecule has 0 amide bonds. The molecule has 0 aliphatic carbocycles. The van der Waals surface area contributed by atoms with Crippen molar-refractivity contribution < 1.29 is 0 Å². The van der Waals surface area contributed by atoms with Gasteiger partial charge in [-0.05, 0) is 28.0 Å². The molecule has 0 aliphatic heterocycles. The Hall–Kier alpha value is -3.45. The summed E-state index contributed by atoms with van der Waals surface area (Å²) in [5.41, 5.74) is 4.55. The molecule has 1 heteroatoms. The van der Waals surface area contributed by atoms with Crippen LogP contribution in [0.15, 0.2) is 103 Å². The Bertz CT molecular complexity index is 1070. The molecule has 0 saturated heterocycles. The molecule has 4 rings (SSSR count). The predicted octanol–water partition coefficient (Wildman–Crippen LogP) is 6.45. The molecule has 0 spiro atoms. The number of hydrogen-bond acceptors (Lipinski definition) is 1. The zero-order chi connectivity index (χ0) is 17.8. The van der Waals surface area contributed by atoms with Gasteiger partial charge in [-0.1, -0.05) is 103 Å². The third-order valence-corrected chi connectivity index (χ3v) is 4.54. The van der Waals surface area contributed by atoms with Gasteiger partial charge in [0.2, 0.25) is 0 Å². The van der Waals surface area contributed by atoms with Crippen LogP contribution in [0.25, 0.3) is 22.4 Å². The maximum Gasteiger partial charge on any atom is 0.0690 e. The second-order valence-electron chi connectivity index (χ2n) is 6.23. The van der Waals surface area contributed by atoms with E-state index in [9.17, 15) is 0 Å². The van der Waals surface area contributed by atoms with Crippen LogP contribution in [-0.4, -0.2) is 5.71 Å². The Morgan fingerprint density at radius 2 is 1.15 bits per heavy atom. The Kier molecular flexibility index (Phi) is 4.44. The van der Waals surface area contributed by atoms with Gasteiger partial charge in [-0.25, -0.2) is 0 Å². The van der Waals surface area contributed by atoms with Gasteiger partial charge in [0.05, 0.1) is 5.71 Å². The van der Waals surface area contributed by atoms with Gasteiger partial charge >= 0.3 is 0 Å². The van der Waals surface area contributed by atoms with Crippen molar-refractivity contribution in [3.8, 4) is 0 Å². The SMILES string of the molecule is N=C(C(=Cc1cccc2ccccc12)c1ccccc1)c1ccccc1. The molecular formula is C25H19N. The van der Waals surface area contributed by atoms with E-state index in [0.29, 0.717) is 5.71 Å². The van der Waals surface area contributed by atoms with Gasteiger partial charge in [0.1, 0.15) is 0 Å². The zero-order valence-corrected chi connectivity index (χ0v) is 14.4. The van der Waals surface area contributed by atoms with Crippen LogP contribution in [0.4, 0.5) is 0 Å². The summed E-state index contributed by atoms with van der Waals surface area (Å²) in [5.74, 6) is 0. The third kappa shape index (κ3) is 3.20. The first-order valence-electron chi connectivity index (χ1n) is 8.72. The van der Waals surface area contributed by atoms with Gasteiger partial charge < -0.3 is 0 Å². The number of benzene rings is 4. The topological polar surface area (TPSA) is 23.9 Å². The van der Waals surface area contributed by atoms with E-state index in [-0.39, 0.29) is 0 Å². The van der Waals surface area contributed by atoms with Gasteiger partial charge in [0.25, 0.3) is 0 Å². The van der Waals surface area contributed by atoms with Crippen molar-refractivity contribution in [3.63, 3.8) is 0 Å². The molecule has 1 nitrogen and oxygen atoms in total. The fourth-order valence-electron chi connectivity index (χ4n) is 3.21. The van der Waals surface area contributed by atoms with E-state index in [0.717, 1.165) is 22.3 Å². The summed E-state index contributed by atoms with van der Waals surface area (Å²) in [5, 5.41) is 11.2.